The van der Waals surface area contributed by atoms with Crippen molar-refractivity contribution in [2.45, 2.75) is 19.3 Å². The second-order valence-electron chi connectivity index (χ2n) is 5.26. The van der Waals surface area contributed by atoms with E-state index in [1.54, 1.807) is 18.2 Å². The molecule has 7 heteroatoms. The van der Waals surface area contributed by atoms with Gasteiger partial charge < -0.3 is 25.0 Å². The van der Waals surface area contributed by atoms with Crippen LogP contribution in [0.25, 0.3) is 0 Å². The fourth-order valence-electron chi connectivity index (χ4n) is 2.54. The summed E-state index contributed by atoms with van der Waals surface area (Å²) >= 11 is 0. The van der Waals surface area contributed by atoms with Crippen molar-refractivity contribution in [2.75, 3.05) is 39.2 Å². The number of amides is 3. The maximum absolute atomic E-state index is 12.0. The second-order valence-corrected chi connectivity index (χ2v) is 5.26. The van der Waals surface area contributed by atoms with Crippen molar-refractivity contribution in [3.8, 4) is 11.5 Å². The Hall–Kier alpha value is -2.44. The number of nitrogens with one attached hydrogen (secondary N) is 2. The van der Waals surface area contributed by atoms with E-state index in [1.807, 2.05) is 4.90 Å². The van der Waals surface area contributed by atoms with Gasteiger partial charge in [-0.05, 0) is 25.0 Å². The summed E-state index contributed by atoms with van der Waals surface area (Å²) in [6.45, 7) is 1.99. The number of carbonyl (C=O) groups excluding carboxylic acids is 2. The number of likely N-dealkylation sites (tertiary alicyclic amines) is 1. The number of hydrogen-bond acceptors (Lipinski definition) is 4. The minimum Gasteiger partial charge on any atom is -0.494 e. The fraction of sp³-hybridized carbons (Fsp3) is 0.500. The molecule has 0 atom stereocenters. The van der Waals surface area contributed by atoms with Crippen molar-refractivity contribution in [2.24, 2.45) is 0 Å². The number of ether oxygens (including phenoxy) is 2. The highest BCUT2D eigenvalue weighted by molar-refractivity contribution is 5.93. The van der Waals surface area contributed by atoms with Crippen LogP contribution in [0.2, 0.25) is 0 Å². The van der Waals surface area contributed by atoms with Gasteiger partial charge in [0.05, 0.1) is 14.2 Å². The van der Waals surface area contributed by atoms with Crippen LogP contribution >= 0.6 is 0 Å². The molecule has 1 aliphatic heterocycles. The first-order chi connectivity index (χ1) is 11.2. The first kappa shape index (κ1) is 16.9. The molecule has 1 saturated heterocycles. The Balaban J connectivity index is 1.79. The fourth-order valence-corrected chi connectivity index (χ4v) is 2.54. The number of para-hydroxylation sites is 1. The number of carbonyl (C=O) groups is 2. The monoisotopic (exact) mass is 321 g/mol. The first-order valence-electron chi connectivity index (χ1n) is 7.69. The number of urea groups is 1. The lowest BCUT2D eigenvalue weighted by Crippen LogP contribution is -2.33. The van der Waals surface area contributed by atoms with E-state index < -0.39 is 0 Å². The highest BCUT2D eigenvalue weighted by Crippen LogP contribution is 2.33. The van der Waals surface area contributed by atoms with Gasteiger partial charge in [0, 0.05) is 26.1 Å². The molecule has 23 heavy (non-hydrogen) atoms. The van der Waals surface area contributed by atoms with Crippen LogP contribution in [0.5, 0.6) is 11.5 Å². The Morgan fingerprint density at radius 1 is 1.26 bits per heavy atom. The van der Waals surface area contributed by atoms with Crippen molar-refractivity contribution in [3.63, 3.8) is 0 Å². The van der Waals surface area contributed by atoms with Crippen LogP contribution in [-0.4, -0.2) is 50.7 Å². The Labute approximate surface area is 135 Å². The van der Waals surface area contributed by atoms with E-state index >= 15 is 0 Å². The van der Waals surface area contributed by atoms with Gasteiger partial charge in [0.25, 0.3) is 0 Å². The van der Waals surface area contributed by atoms with Gasteiger partial charge in [0.2, 0.25) is 5.91 Å². The average Bonchev–Trinajstić information content (AvgIpc) is 2.97. The number of anilines is 1. The molecule has 2 N–H and O–H groups in total. The molecule has 0 saturated carbocycles. The van der Waals surface area contributed by atoms with Gasteiger partial charge in [0.15, 0.2) is 0 Å². The third-order valence-electron chi connectivity index (χ3n) is 3.73. The Kier molecular flexibility index (Phi) is 6.08. The number of methoxy groups -OCH3 is 2. The van der Waals surface area contributed by atoms with Crippen molar-refractivity contribution in [1.82, 2.24) is 10.2 Å². The average molecular weight is 321 g/mol. The van der Waals surface area contributed by atoms with Crippen LogP contribution in [0.4, 0.5) is 10.5 Å². The number of nitrogens with zero attached hydrogens (tertiary/aromatic N) is 1. The third kappa shape index (κ3) is 4.51. The summed E-state index contributed by atoms with van der Waals surface area (Å²) in [5.74, 6) is 1.26. The summed E-state index contributed by atoms with van der Waals surface area (Å²) in [5, 5.41) is 5.51. The van der Waals surface area contributed by atoms with Crippen molar-refractivity contribution >= 4 is 17.6 Å². The molecule has 1 heterocycles. The Bertz CT molecular complexity index is 540. The van der Waals surface area contributed by atoms with Crippen LogP contribution in [0, 0.1) is 0 Å². The van der Waals surface area contributed by atoms with Crippen LogP contribution < -0.4 is 20.1 Å². The molecule has 2 rings (SSSR count). The standard InChI is InChI=1S/C16H23N3O4/c1-22-12-6-3-7-13(23-2)15(12)18-16(21)17-9-5-11-19-10-4-8-14(19)20/h3,6-7H,4-5,8-11H2,1-2H3,(H2,17,18,21). The molecule has 1 aliphatic rings. The van der Waals surface area contributed by atoms with Gasteiger partial charge in [0.1, 0.15) is 17.2 Å². The maximum atomic E-state index is 12.0. The smallest absolute Gasteiger partial charge is 0.319 e. The van der Waals surface area contributed by atoms with E-state index in [2.05, 4.69) is 10.6 Å². The molecule has 7 nitrogen and oxygen atoms in total. The first-order valence-corrected chi connectivity index (χ1v) is 7.69. The van der Waals surface area contributed by atoms with Crippen molar-refractivity contribution in [1.29, 1.82) is 0 Å². The van der Waals surface area contributed by atoms with E-state index in [-0.39, 0.29) is 11.9 Å². The molecule has 0 spiro atoms. The molecule has 126 valence electrons. The quantitative estimate of drug-likeness (QED) is 0.751. The lowest BCUT2D eigenvalue weighted by Gasteiger charge is -2.16. The molecule has 3 amide bonds. The lowest BCUT2D eigenvalue weighted by atomic mass is 10.2. The molecular formula is C16H23N3O4. The highest BCUT2D eigenvalue weighted by Gasteiger charge is 2.19. The summed E-state index contributed by atoms with van der Waals surface area (Å²) in [6, 6.07) is 4.95. The van der Waals surface area contributed by atoms with Crippen LogP contribution in [0.15, 0.2) is 18.2 Å². The number of hydrogen-bond donors (Lipinski definition) is 2. The topological polar surface area (TPSA) is 79.9 Å². The van der Waals surface area contributed by atoms with E-state index in [0.717, 1.165) is 19.4 Å². The molecular weight excluding hydrogens is 298 g/mol. The third-order valence-corrected chi connectivity index (χ3v) is 3.73. The SMILES string of the molecule is COc1cccc(OC)c1NC(=O)NCCCN1CCCC1=O. The van der Waals surface area contributed by atoms with Crippen molar-refractivity contribution in [3.05, 3.63) is 18.2 Å². The summed E-state index contributed by atoms with van der Waals surface area (Å²) in [5.41, 5.74) is 0.490. The van der Waals surface area contributed by atoms with Gasteiger partial charge in [-0.2, -0.15) is 0 Å². The number of benzene rings is 1. The minimum absolute atomic E-state index is 0.202. The summed E-state index contributed by atoms with van der Waals surface area (Å²) in [4.78, 5) is 25.3. The summed E-state index contributed by atoms with van der Waals surface area (Å²) in [7, 11) is 3.07. The zero-order chi connectivity index (χ0) is 16.7. The molecule has 0 aliphatic carbocycles. The maximum Gasteiger partial charge on any atom is 0.319 e. The van der Waals surface area contributed by atoms with Crippen LogP contribution in [0.1, 0.15) is 19.3 Å². The molecule has 0 aromatic heterocycles. The summed E-state index contributed by atoms with van der Waals surface area (Å²) < 4.78 is 10.5. The Morgan fingerprint density at radius 2 is 1.96 bits per heavy atom. The largest absolute Gasteiger partial charge is 0.494 e. The van der Waals surface area contributed by atoms with E-state index in [0.29, 0.717) is 36.7 Å². The predicted molar refractivity (Wildman–Crippen MR) is 87.0 cm³/mol. The lowest BCUT2D eigenvalue weighted by molar-refractivity contribution is -0.127. The Morgan fingerprint density at radius 3 is 2.52 bits per heavy atom. The van der Waals surface area contributed by atoms with Crippen molar-refractivity contribution < 1.29 is 19.1 Å². The van der Waals surface area contributed by atoms with Gasteiger partial charge in [-0.25, -0.2) is 4.79 Å². The van der Waals surface area contributed by atoms with E-state index in [1.165, 1.54) is 14.2 Å². The molecule has 0 radical (unpaired) electrons. The van der Waals surface area contributed by atoms with Crippen LogP contribution in [0.3, 0.4) is 0 Å². The second kappa shape index (κ2) is 8.26. The normalized spacial score (nSPS) is 13.8. The van der Waals surface area contributed by atoms with Gasteiger partial charge >= 0.3 is 6.03 Å². The molecule has 1 aromatic carbocycles. The zero-order valence-corrected chi connectivity index (χ0v) is 13.6. The van der Waals surface area contributed by atoms with E-state index in [9.17, 15) is 9.59 Å². The molecule has 0 bridgehead atoms. The number of rotatable bonds is 7. The molecule has 1 aromatic rings. The molecule has 0 unspecified atom stereocenters. The highest BCUT2D eigenvalue weighted by atomic mass is 16.5. The zero-order valence-electron chi connectivity index (χ0n) is 13.6. The van der Waals surface area contributed by atoms with E-state index in [4.69, 9.17) is 9.47 Å². The van der Waals surface area contributed by atoms with Gasteiger partial charge in [-0.1, -0.05) is 6.07 Å². The van der Waals surface area contributed by atoms with Gasteiger partial charge in [-0.15, -0.1) is 0 Å². The predicted octanol–water partition coefficient (Wildman–Crippen LogP) is 1.84. The minimum atomic E-state index is -0.333. The molecule has 1 fully saturated rings. The summed E-state index contributed by atoms with van der Waals surface area (Å²) in [6.07, 6.45) is 2.30. The van der Waals surface area contributed by atoms with Gasteiger partial charge in [-0.3, -0.25) is 4.79 Å². The van der Waals surface area contributed by atoms with Crippen LogP contribution in [-0.2, 0) is 4.79 Å².